The maximum Gasteiger partial charge on any atom is 0.243 e. The molecule has 0 aliphatic carbocycles. The van der Waals surface area contributed by atoms with E-state index in [1.54, 1.807) is 36.2 Å². The Balaban J connectivity index is 1.88. The number of ether oxygens (including phenoxy) is 1. The quantitative estimate of drug-likeness (QED) is 0.804. The molecule has 1 N–H and O–H groups in total. The lowest BCUT2D eigenvalue weighted by molar-refractivity contribution is -0.131. The summed E-state index contributed by atoms with van der Waals surface area (Å²) in [7, 11) is -0.464. The second-order valence-electron chi connectivity index (χ2n) is 5.99. The number of carbonyl (C=O) groups is 1. The van der Waals surface area contributed by atoms with Gasteiger partial charge in [-0.2, -0.15) is 4.31 Å². The van der Waals surface area contributed by atoms with Gasteiger partial charge >= 0.3 is 0 Å². The van der Waals surface area contributed by atoms with Gasteiger partial charge in [0.2, 0.25) is 21.8 Å². The molecule has 1 amide bonds. The molecule has 1 aromatic carbocycles. The molecule has 9 heteroatoms. The van der Waals surface area contributed by atoms with E-state index in [2.05, 4.69) is 10.3 Å². The number of nitrogens with one attached hydrogen (secondary N) is 1. The molecule has 8 nitrogen and oxygen atoms in total. The van der Waals surface area contributed by atoms with Crippen LogP contribution >= 0.6 is 0 Å². The van der Waals surface area contributed by atoms with Gasteiger partial charge in [0.1, 0.15) is 0 Å². The summed E-state index contributed by atoms with van der Waals surface area (Å²) in [5, 5.41) is 4.05. The largest absolute Gasteiger partial charge is 0.481 e. The zero-order valence-electron chi connectivity index (χ0n) is 14.8. The first-order chi connectivity index (χ1) is 12.5. The van der Waals surface area contributed by atoms with Crippen molar-refractivity contribution < 1.29 is 17.9 Å². The number of methoxy groups -OCH3 is 1. The predicted octanol–water partition coefficient (Wildman–Crippen LogP) is 0.296. The number of sulfonamides is 1. The van der Waals surface area contributed by atoms with E-state index < -0.39 is 10.0 Å². The number of benzene rings is 1. The van der Waals surface area contributed by atoms with E-state index in [-0.39, 0.29) is 30.4 Å². The first-order valence-corrected chi connectivity index (χ1v) is 9.77. The third-order valence-corrected chi connectivity index (χ3v) is 6.42. The number of hydrogen-bond acceptors (Lipinski definition) is 6. The number of rotatable bonds is 5. The summed E-state index contributed by atoms with van der Waals surface area (Å²) in [5.74, 6) is 0.368. The Morgan fingerprint density at radius 1 is 1.19 bits per heavy atom. The van der Waals surface area contributed by atoms with Crippen LogP contribution in [0.15, 0.2) is 35.4 Å². The van der Waals surface area contributed by atoms with Crippen molar-refractivity contribution >= 4 is 26.7 Å². The monoisotopic (exact) mass is 378 g/mol. The van der Waals surface area contributed by atoms with Crippen LogP contribution in [0.1, 0.15) is 0 Å². The normalized spacial score (nSPS) is 16.0. The molecule has 1 fully saturated rings. The van der Waals surface area contributed by atoms with Gasteiger partial charge in [-0.05, 0) is 25.2 Å². The van der Waals surface area contributed by atoms with Gasteiger partial charge in [-0.1, -0.05) is 6.07 Å². The van der Waals surface area contributed by atoms with Gasteiger partial charge in [0.25, 0.3) is 0 Å². The van der Waals surface area contributed by atoms with E-state index in [1.807, 2.05) is 0 Å². The van der Waals surface area contributed by atoms with Crippen LogP contribution in [-0.2, 0) is 14.8 Å². The minimum atomic E-state index is -3.68. The van der Waals surface area contributed by atoms with E-state index >= 15 is 0 Å². The first kappa shape index (κ1) is 18.6. The minimum absolute atomic E-state index is 0.0227. The molecule has 0 radical (unpaired) electrons. The first-order valence-electron chi connectivity index (χ1n) is 8.33. The molecule has 1 aliphatic rings. The molecule has 0 bridgehead atoms. The van der Waals surface area contributed by atoms with Crippen molar-refractivity contribution in [2.45, 2.75) is 4.90 Å². The van der Waals surface area contributed by atoms with Gasteiger partial charge in [-0.25, -0.2) is 13.4 Å². The molecule has 1 aliphatic heterocycles. The van der Waals surface area contributed by atoms with Crippen LogP contribution in [0.3, 0.4) is 0 Å². The van der Waals surface area contributed by atoms with E-state index in [1.165, 1.54) is 17.6 Å². The van der Waals surface area contributed by atoms with Crippen molar-refractivity contribution in [3.63, 3.8) is 0 Å². The standard InChI is InChI=1S/C17H22N4O4S/c1-18-12-16(22)20-8-10-21(11-9-20)26(23,24)15-5-3-4-14-13(15)6-7-19-17(14)25-2/h3-7,18H,8-12H2,1-2H3. The number of hydrogen-bond donors (Lipinski definition) is 1. The highest BCUT2D eigenvalue weighted by atomic mass is 32.2. The second-order valence-corrected chi connectivity index (χ2v) is 7.89. The zero-order chi connectivity index (χ0) is 18.7. The van der Waals surface area contributed by atoms with Gasteiger partial charge in [0, 0.05) is 43.1 Å². The van der Waals surface area contributed by atoms with Crippen LogP contribution in [0, 0.1) is 0 Å². The zero-order valence-corrected chi connectivity index (χ0v) is 15.6. The number of piperazine rings is 1. The van der Waals surface area contributed by atoms with Crippen LogP contribution in [0.25, 0.3) is 10.8 Å². The smallest absolute Gasteiger partial charge is 0.243 e. The summed E-state index contributed by atoms with van der Waals surface area (Å²) >= 11 is 0. The molecule has 0 unspecified atom stereocenters. The molecule has 2 aromatic rings. The highest BCUT2D eigenvalue weighted by molar-refractivity contribution is 7.89. The Bertz CT molecular complexity index is 908. The number of pyridine rings is 1. The molecule has 1 saturated heterocycles. The molecule has 1 aromatic heterocycles. The van der Waals surface area contributed by atoms with E-state index in [9.17, 15) is 13.2 Å². The molecule has 26 heavy (non-hydrogen) atoms. The van der Waals surface area contributed by atoms with Gasteiger partial charge < -0.3 is 15.0 Å². The lowest BCUT2D eigenvalue weighted by atomic mass is 10.2. The third kappa shape index (κ3) is 3.37. The Kier molecular flexibility index (Phi) is 5.40. The molecule has 0 saturated carbocycles. The number of nitrogens with zero attached hydrogens (tertiary/aromatic N) is 3. The summed E-state index contributed by atoms with van der Waals surface area (Å²) in [6.07, 6.45) is 1.54. The summed E-state index contributed by atoms with van der Waals surface area (Å²) in [5.41, 5.74) is 0. The van der Waals surface area contributed by atoms with Crippen LogP contribution in [0.4, 0.5) is 0 Å². The van der Waals surface area contributed by atoms with Crippen LogP contribution in [0.5, 0.6) is 5.88 Å². The maximum atomic E-state index is 13.2. The van der Waals surface area contributed by atoms with Crippen molar-refractivity contribution in [1.82, 2.24) is 19.5 Å². The van der Waals surface area contributed by atoms with Gasteiger partial charge in [0.05, 0.1) is 18.6 Å². The predicted molar refractivity (Wildman–Crippen MR) is 97.6 cm³/mol. The van der Waals surface area contributed by atoms with Gasteiger partial charge in [0.15, 0.2) is 0 Å². The van der Waals surface area contributed by atoms with Crippen molar-refractivity contribution in [1.29, 1.82) is 0 Å². The highest BCUT2D eigenvalue weighted by Crippen LogP contribution is 2.30. The molecule has 2 heterocycles. The highest BCUT2D eigenvalue weighted by Gasteiger charge is 2.31. The Morgan fingerprint density at radius 2 is 1.92 bits per heavy atom. The van der Waals surface area contributed by atoms with Crippen LogP contribution < -0.4 is 10.1 Å². The fourth-order valence-electron chi connectivity index (χ4n) is 3.12. The molecular formula is C17H22N4O4S. The number of aromatic nitrogens is 1. The SMILES string of the molecule is CNCC(=O)N1CCN(S(=O)(=O)c2cccc3c(OC)nccc23)CC1. The summed E-state index contributed by atoms with van der Waals surface area (Å²) < 4.78 is 33.0. The lowest BCUT2D eigenvalue weighted by Crippen LogP contribution is -2.52. The van der Waals surface area contributed by atoms with Gasteiger partial charge in [-0.15, -0.1) is 0 Å². The summed E-state index contributed by atoms with van der Waals surface area (Å²) in [6.45, 7) is 1.57. The average Bonchev–Trinajstić information content (AvgIpc) is 2.67. The van der Waals surface area contributed by atoms with Crippen molar-refractivity contribution in [3.8, 4) is 5.88 Å². The average molecular weight is 378 g/mol. The van der Waals surface area contributed by atoms with Crippen molar-refractivity contribution in [3.05, 3.63) is 30.5 Å². The maximum absolute atomic E-state index is 13.2. The van der Waals surface area contributed by atoms with E-state index in [0.29, 0.717) is 29.7 Å². The van der Waals surface area contributed by atoms with Gasteiger partial charge in [-0.3, -0.25) is 4.79 Å². The molecule has 3 rings (SSSR count). The molecule has 140 valence electrons. The van der Waals surface area contributed by atoms with Crippen LogP contribution in [0.2, 0.25) is 0 Å². The second kappa shape index (κ2) is 7.56. The van der Waals surface area contributed by atoms with Crippen molar-refractivity contribution in [2.24, 2.45) is 0 Å². The lowest BCUT2D eigenvalue weighted by Gasteiger charge is -2.34. The fourth-order valence-corrected chi connectivity index (χ4v) is 4.75. The molecular weight excluding hydrogens is 356 g/mol. The number of amides is 1. The fraction of sp³-hybridized carbons (Fsp3) is 0.412. The van der Waals surface area contributed by atoms with E-state index in [4.69, 9.17) is 4.74 Å². The minimum Gasteiger partial charge on any atom is -0.481 e. The Morgan fingerprint density at radius 3 is 2.58 bits per heavy atom. The van der Waals surface area contributed by atoms with Crippen LogP contribution in [-0.4, -0.2) is 75.4 Å². The number of carbonyl (C=O) groups excluding carboxylic acids is 1. The van der Waals surface area contributed by atoms with Crippen molar-refractivity contribution in [2.75, 3.05) is 46.9 Å². The number of fused-ring (bicyclic) bond motifs is 1. The molecule has 0 spiro atoms. The number of likely N-dealkylation sites (N-methyl/N-ethyl adjacent to an activating group) is 1. The summed E-state index contributed by atoms with van der Waals surface area (Å²) in [6, 6.07) is 6.74. The molecule has 0 atom stereocenters. The summed E-state index contributed by atoms with van der Waals surface area (Å²) in [4.78, 5) is 18.0. The third-order valence-electron chi connectivity index (χ3n) is 4.46. The van der Waals surface area contributed by atoms with E-state index in [0.717, 1.165) is 0 Å². The topological polar surface area (TPSA) is 91.8 Å². The Labute approximate surface area is 152 Å². The Hall–Kier alpha value is -2.23.